The van der Waals surface area contributed by atoms with Crippen LogP contribution in [0.1, 0.15) is 37.0 Å². The molecule has 0 aliphatic heterocycles. The predicted octanol–water partition coefficient (Wildman–Crippen LogP) is 3.33. The van der Waals surface area contributed by atoms with E-state index < -0.39 is 11.9 Å². The Labute approximate surface area is 138 Å². The fourth-order valence-corrected chi connectivity index (χ4v) is 2.09. The number of alkyl halides is 3. The van der Waals surface area contributed by atoms with Crippen molar-refractivity contribution in [3.05, 3.63) is 29.5 Å². The molecule has 2 rings (SSSR count). The van der Waals surface area contributed by atoms with Gasteiger partial charge in [-0.2, -0.15) is 18.3 Å². The summed E-state index contributed by atoms with van der Waals surface area (Å²) in [5.74, 6) is 1.50. The Bertz CT molecular complexity index is 684. The largest absolute Gasteiger partial charge is 0.482 e. The lowest BCUT2D eigenvalue weighted by Gasteiger charge is -2.11. The predicted molar refractivity (Wildman–Crippen MR) is 82.7 cm³/mol. The van der Waals surface area contributed by atoms with Crippen LogP contribution in [0.25, 0.3) is 0 Å². The van der Waals surface area contributed by atoms with Crippen molar-refractivity contribution in [3.63, 3.8) is 0 Å². The molecule has 0 fully saturated rings. The van der Waals surface area contributed by atoms with Crippen LogP contribution in [0, 0.1) is 6.92 Å². The van der Waals surface area contributed by atoms with E-state index >= 15 is 0 Å². The van der Waals surface area contributed by atoms with E-state index in [1.165, 1.54) is 13.2 Å². The maximum absolute atomic E-state index is 12.8. The van der Waals surface area contributed by atoms with Crippen LogP contribution in [0.2, 0.25) is 0 Å². The highest BCUT2D eigenvalue weighted by molar-refractivity contribution is 5.48. The average molecular weight is 343 g/mol. The third-order valence-electron chi connectivity index (χ3n) is 3.29. The Morgan fingerprint density at radius 3 is 2.71 bits per heavy atom. The average Bonchev–Trinajstić information content (AvgIpc) is 2.88. The number of aryl methyl sites for hydroxylation is 2. The summed E-state index contributed by atoms with van der Waals surface area (Å²) < 4.78 is 44.7. The monoisotopic (exact) mass is 343 g/mol. The van der Waals surface area contributed by atoms with E-state index in [1.54, 1.807) is 6.92 Å². The van der Waals surface area contributed by atoms with Crippen LogP contribution < -0.4 is 10.1 Å². The molecule has 0 aliphatic rings. The molecular weight excluding hydrogens is 323 g/mol. The van der Waals surface area contributed by atoms with Gasteiger partial charge in [-0.1, -0.05) is 13.3 Å². The number of nitrogens with zero attached hydrogens (tertiary/aromatic N) is 4. The fourth-order valence-electron chi connectivity index (χ4n) is 2.09. The first-order chi connectivity index (χ1) is 11.3. The Hall–Kier alpha value is -2.32. The quantitative estimate of drug-likeness (QED) is 0.781. The Morgan fingerprint density at radius 2 is 2.08 bits per heavy atom. The van der Waals surface area contributed by atoms with Crippen molar-refractivity contribution in [2.24, 2.45) is 7.05 Å². The van der Waals surface area contributed by atoms with Gasteiger partial charge in [-0.3, -0.25) is 4.68 Å². The number of aromatic nitrogens is 4. The molecule has 132 valence electrons. The Balaban J connectivity index is 2.09. The zero-order valence-electron chi connectivity index (χ0n) is 13.8. The van der Waals surface area contributed by atoms with Crippen LogP contribution in [-0.2, 0) is 19.8 Å². The number of halogens is 3. The number of hydrogen-bond acceptors (Lipinski definition) is 5. The molecule has 2 aromatic rings. The molecule has 0 aliphatic carbocycles. The summed E-state index contributed by atoms with van der Waals surface area (Å²) >= 11 is 0. The lowest BCUT2D eigenvalue weighted by molar-refractivity contribution is -0.143. The zero-order valence-corrected chi connectivity index (χ0v) is 13.8. The van der Waals surface area contributed by atoms with Gasteiger partial charge in [0.1, 0.15) is 23.8 Å². The second-order valence-corrected chi connectivity index (χ2v) is 5.34. The molecular formula is C15H20F3N5O. The molecule has 6 nitrogen and oxygen atoms in total. The van der Waals surface area contributed by atoms with E-state index in [-0.39, 0.29) is 12.3 Å². The highest BCUT2D eigenvalue weighted by Gasteiger charge is 2.34. The molecule has 0 radical (unpaired) electrons. The number of rotatable bonds is 7. The van der Waals surface area contributed by atoms with E-state index in [1.807, 2.05) is 0 Å². The lowest BCUT2D eigenvalue weighted by atomic mass is 10.3. The van der Waals surface area contributed by atoms with Crippen molar-refractivity contribution in [3.8, 4) is 5.75 Å². The summed E-state index contributed by atoms with van der Waals surface area (Å²) in [6, 6.07) is 0.971. The summed E-state index contributed by atoms with van der Waals surface area (Å²) in [5, 5.41) is 6.98. The molecule has 0 atom stereocenters. The van der Waals surface area contributed by atoms with Gasteiger partial charge in [-0.05, 0) is 19.4 Å². The third kappa shape index (κ3) is 4.59. The van der Waals surface area contributed by atoms with Gasteiger partial charge in [0.05, 0.1) is 6.20 Å². The van der Waals surface area contributed by atoms with Crippen LogP contribution in [0.15, 0.2) is 12.3 Å². The first kappa shape index (κ1) is 18.0. The van der Waals surface area contributed by atoms with Crippen molar-refractivity contribution in [2.45, 2.75) is 39.5 Å². The van der Waals surface area contributed by atoms with Gasteiger partial charge in [-0.25, -0.2) is 9.97 Å². The molecule has 9 heteroatoms. The standard InChI is InChI=1S/C15H20F3N5O/c1-4-5-6-19-14-12(8-20-10(2)21-14)24-9-11-7-13(15(16,17)18)23(3)22-11/h7-8H,4-6,9H2,1-3H3,(H,19,20,21). The van der Waals surface area contributed by atoms with Gasteiger partial charge >= 0.3 is 6.18 Å². The van der Waals surface area contributed by atoms with Gasteiger partial charge < -0.3 is 10.1 Å². The maximum Gasteiger partial charge on any atom is 0.433 e. The molecule has 0 bridgehead atoms. The van der Waals surface area contributed by atoms with E-state index in [4.69, 9.17) is 4.74 Å². The lowest BCUT2D eigenvalue weighted by Crippen LogP contribution is -2.11. The molecule has 2 aromatic heterocycles. The van der Waals surface area contributed by atoms with E-state index in [2.05, 4.69) is 27.3 Å². The van der Waals surface area contributed by atoms with Gasteiger partial charge in [0.2, 0.25) is 0 Å². The van der Waals surface area contributed by atoms with Crippen LogP contribution >= 0.6 is 0 Å². The van der Waals surface area contributed by atoms with Crippen molar-refractivity contribution < 1.29 is 17.9 Å². The summed E-state index contributed by atoms with van der Waals surface area (Å²) in [6.45, 7) is 4.46. The molecule has 0 amide bonds. The van der Waals surface area contributed by atoms with E-state index in [9.17, 15) is 13.2 Å². The molecule has 0 saturated carbocycles. The Morgan fingerprint density at radius 1 is 1.33 bits per heavy atom. The van der Waals surface area contributed by atoms with Crippen LogP contribution in [0.5, 0.6) is 5.75 Å². The highest BCUT2D eigenvalue weighted by atomic mass is 19.4. The van der Waals surface area contributed by atoms with E-state index in [0.29, 0.717) is 17.4 Å². The number of unbranched alkanes of at least 4 members (excludes halogenated alkanes) is 1. The maximum atomic E-state index is 12.8. The summed E-state index contributed by atoms with van der Waals surface area (Å²) in [7, 11) is 1.25. The summed E-state index contributed by atoms with van der Waals surface area (Å²) in [4.78, 5) is 8.33. The number of nitrogens with one attached hydrogen (secondary N) is 1. The van der Waals surface area contributed by atoms with Gasteiger partial charge in [0.25, 0.3) is 0 Å². The second kappa shape index (κ2) is 7.50. The molecule has 0 unspecified atom stereocenters. The number of ether oxygens (including phenoxy) is 1. The van der Waals surface area contributed by atoms with Crippen molar-refractivity contribution in [1.29, 1.82) is 0 Å². The minimum atomic E-state index is -4.44. The highest BCUT2D eigenvalue weighted by Crippen LogP contribution is 2.29. The Kier molecular flexibility index (Phi) is 5.63. The van der Waals surface area contributed by atoms with Gasteiger partial charge in [-0.15, -0.1) is 0 Å². The van der Waals surface area contributed by atoms with Crippen LogP contribution in [-0.4, -0.2) is 26.3 Å². The minimum absolute atomic E-state index is 0.0984. The zero-order chi connectivity index (χ0) is 17.7. The molecule has 1 N–H and O–H groups in total. The SMILES string of the molecule is CCCCNc1nc(C)ncc1OCc1cc(C(F)(F)F)n(C)n1. The summed E-state index contributed by atoms with van der Waals surface area (Å²) in [5.41, 5.74) is -0.632. The first-order valence-corrected chi connectivity index (χ1v) is 7.61. The normalized spacial score (nSPS) is 11.6. The number of anilines is 1. The minimum Gasteiger partial charge on any atom is -0.482 e. The van der Waals surface area contributed by atoms with E-state index in [0.717, 1.165) is 30.1 Å². The molecule has 0 aromatic carbocycles. The van der Waals surface area contributed by atoms with Crippen LogP contribution in [0.3, 0.4) is 0 Å². The molecule has 0 saturated heterocycles. The summed E-state index contributed by atoms with van der Waals surface area (Å²) in [6.07, 6.45) is -0.941. The smallest absolute Gasteiger partial charge is 0.433 e. The number of hydrogen-bond donors (Lipinski definition) is 1. The molecule has 2 heterocycles. The topological polar surface area (TPSA) is 64.9 Å². The molecule has 0 spiro atoms. The van der Waals surface area contributed by atoms with Crippen molar-refractivity contribution in [2.75, 3.05) is 11.9 Å². The third-order valence-corrected chi connectivity index (χ3v) is 3.29. The van der Waals surface area contributed by atoms with Crippen molar-refractivity contribution >= 4 is 5.82 Å². The second-order valence-electron chi connectivity index (χ2n) is 5.34. The first-order valence-electron chi connectivity index (χ1n) is 7.61. The van der Waals surface area contributed by atoms with Crippen molar-refractivity contribution in [1.82, 2.24) is 19.7 Å². The van der Waals surface area contributed by atoms with Crippen LogP contribution in [0.4, 0.5) is 19.0 Å². The molecule has 24 heavy (non-hydrogen) atoms. The van der Waals surface area contributed by atoms with Gasteiger partial charge in [0, 0.05) is 13.6 Å². The van der Waals surface area contributed by atoms with Gasteiger partial charge in [0.15, 0.2) is 11.6 Å². The fraction of sp³-hybridized carbons (Fsp3) is 0.533.